The van der Waals surface area contributed by atoms with Gasteiger partial charge in [-0.1, -0.05) is 62.2 Å². The van der Waals surface area contributed by atoms with E-state index in [1.165, 1.54) is 24.8 Å². The Morgan fingerprint density at radius 2 is 1.83 bits per heavy atom. The van der Waals surface area contributed by atoms with Gasteiger partial charge in [-0.2, -0.15) is 0 Å². The van der Waals surface area contributed by atoms with E-state index in [1.54, 1.807) is 5.57 Å². The van der Waals surface area contributed by atoms with Gasteiger partial charge in [0.2, 0.25) is 0 Å². The number of hydrogen-bond acceptors (Lipinski definition) is 4. The first-order chi connectivity index (χ1) is 14.5. The maximum absolute atomic E-state index is 12.8. The summed E-state index contributed by atoms with van der Waals surface area (Å²) in [7, 11) is 0. The summed E-state index contributed by atoms with van der Waals surface area (Å²) in [5.41, 5.74) is 3.24. The molecule has 0 N–H and O–H groups in total. The number of ether oxygens (including phenoxy) is 1. The quantitative estimate of drug-likeness (QED) is 0.554. The SMILES string of the molecule is C[C@H]1CCC[C@]2(C)C[C@H]3OC(=O)C(CN4CCN(Cc5ccccc5)CC4)[C@H]3C=C12. The third kappa shape index (κ3) is 3.85. The largest absolute Gasteiger partial charge is 0.461 e. The summed E-state index contributed by atoms with van der Waals surface area (Å²) in [6.45, 7) is 10.9. The monoisotopic (exact) mass is 408 g/mol. The Morgan fingerprint density at radius 3 is 2.60 bits per heavy atom. The Balaban J connectivity index is 1.22. The van der Waals surface area contributed by atoms with Gasteiger partial charge < -0.3 is 4.74 Å². The molecule has 5 rings (SSSR count). The van der Waals surface area contributed by atoms with Crippen LogP contribution in [0, 0.1) is 23.2 Å². The Hall–Kier alpha value is -1.65. The van der Waals surface area contributed by atoms with Crippen LogP contribution >= 0.6 is 0 Å². The number of rotatable bonds is 4. The minimum atomic E-state index is 0.0156. The van der Waals surface area contributed by atoms with Crippen molar-refractivity contribution in [2.75, 3.05) is 32.7 Å². The van der Waals surface area contributed by atoms with E-state index in [1.807, 2.05) is 0 Å². The number of hydrogen-bond donors (Lipinski definition) is 0. The first-order valence-corrected chi connectivity index (χ1v) is 11.9. The predicted octanol–water partition coefficient (Wildman–Crippen LogP) is 4.12. The number of fused-ring (bicyclic) bond motifs is 2. The molecular formula is C26H36N2O2. The molecule has 0 spiro atoms. The minimum absolute atomic E-state index is 0.0156. The second-order valence-electron chi connectivity index (χ2n) is 10.4. The number of piperazine rings is 1. The normalized spacial score (nSPS) is 37.3. The van der Waals surface area contributed by atoms with Crippen LogP contribution in [0.5, 0.6) is 0 Å². The highest BCUT2D eigenvalue weighted by Gasteiger charge is 2.52. The van der Waals surface area contributed by atoms with E-state index in [4.69, 9.17) is 4.74 Å². The van der Waals surface area contributed by atoms with Gasteiger partial charge in [0.05, 0.1) is 5.92 Å². The highest BCUT2D eigenvalue weighted by molar-refractivity contribution is 5.76. The van der Waals surface area contributed by atoms with Crippen LogP contribution in [0.25, 0.3) is 0 Å². The molecule has 162 valence electrons. The molecule has 0 radical (unpaired) electrons. The molecule has 0 bridgehead atoms. The van der Waals surface area contributed by atoms with Crippen molar-refractivity contribution in [3.05, 3.63) is 47.5 Å². The number of allylic oxidation sites excluding steroid dienone is 1. The molecule has 4 nitrogen and oxygen atoms in total. The summed E-state index contributed by atoms with van der Waals surface area (Å²) in [4.78, 5) is 17.8. The number of carbonyl (C=O) groups excluding carboxylic acids is 1. The molecule has 4 aliphatic rings. The fourth-order valence-corrected chi connectivity index (χ4v) is 6.51. The standard InChI is InChI=1S/C26H36N2O2/c1-19-7-6-10-26(2)16-24-21(15-23(19)26)22(25(29)30-24)18-28-13-11-27(12-14-28)17-20-8-4-3-5-9-20/h3-5,8-9,15,19,21-22,24H,6-7,10-14,16-18H2,1-2H3/t19-,21+,22?,24+,26+/m0/s1. The zero-order valence-corrected chi connectivity index (χ0v) is 18.6. The van der Waals surface area contributed by atoms with Gasteiger partial charge in [-0.3, -0.25) is 14.6 Å². The van der Waals surface area contributed by atoms with Gasteiger partial charge >= 0.3 is 5.97 Å². The average molecular weight is 409 g/mol. The van der Waals surface area contributed by atoms with Gasteiger partial charge in [0, 0.05) is 45.2 Å². The molecule has 0 amide bonds. The Kier molecular flexibility index (Phi) is 5.49. The van der Waals surface area contributed by atoms with E-state index >= 15 is 0 Å². The van der Waals surface area contributed by atoms with Crippen molar-refractivity contribution in [3.63, 3.8) is 0 Å². The van der Waals surface area contributed by atoms with Gasteiger partial charge in [0.25, 0.3) is 0 Å². The molecule has 1 aromatic carbocycles. The maximum Gasteiger partial charge on any atom is 0.311 e. The smallest absolute Gasteiger partial charge is 0.311 e. The molecule has 2 aliphatic heterocycles. The van der Waals surface area contributed by atoms with Crippen LogP contribution in [-0.4, -0.2) is 54.6 Å². The van der Waals surface area contributed by atoms with Crippen LogP contribution in [0.15, 0.2) is 42.0 Å². The molecule has 1 aromatic rings. The molecule has 4 heteroatoms. The molecule has 0 aromatic heterocycles. The maximum atomic E-state index is 12.8. The minimum Gasteiger partial charge on any atom is -0.461 e. The first kappa shape index (κ1) is 20.3. The third-order valence-corrected chi connectivity index (χ3v) is 8.25. The van der Waals surface area contributed by atoms with E-state index in [0.717, 1.165) is 45.7 Å². The molecule has 1 saturated carbocycles. The number of carbonyl (C=O) groups is 1. The van der Waals surface area contributed by atoms with Gasteiger partial charge in [-0.25, -0.2) is 0 Å². The lowest BCUT2D eigenvalue weighted by Crippen LogP contribution is -2.48. The van der Waals surface area contributed by atoms with Crippen molar-refractivity contribution in [2.45, 2.75) is 52.2 Å². The van der Waals surface area contributed by atoms with E-state index in [2.05, 4.69) is 60.1 Å². The second kappa shape index (κ2) is 8.12. The van der Waals surface area contributed by atoms with Crippen LogP contribution in [0.2, 0.25) is 0 Å². The van der Waals surface area contributed by atoms with Gasteiger partial charge in [-0.05, 0) is 36.2 Å². The number of benzene rings is 1. The van der Waals surface area contributed by atoms with Gasteiger partial charge in [0.15, 0.2) is 0 Å². The number of nitrogens with zero attached hydrogens (tertiary/aromatic N) is 2. The summed E-state index contributed by atoms with van der Waals surface area (Å²) in [6, 6.07) is 10.7. The van der Waals surface area contributed by atoms with Crippen LogP contribution in [0.3, 0.4) is 0 Å². The summed E-state index contributed by atoms with van der Waals surface area (Å²) in [5.74, 6) is 0.997. The fraction of sp³-hybridized carbons (Fsp3) is 0.654. The first-order valence-electron chi connectivity index (χ1n) is 11.9. The zero-order chi connectivity index (χ0) is 20.7. The lowest BCUT2D eigenvalue weighted by molar-refractivity contribution is -0.145. The summed E-state index contributed by atoms with van der Waals surface area (Å²) >= 11 is 0. The molecular weight excluding hydrogens is 372 g/mol. The molecule has 2 heterocycles. The fourth-order valence-electron chi connectivity index (χ4n) is 6.51. The van der Waals surface area contributed by atoms with E-state index in [0.29, 0.717) is 5.92 Å². The van der Waals surface area contributed by atoms with E-state index in [-0.39, 0.29) is 29.3 Å². The van der Waals surface area contributed by atoms with Crippen molar-refractivity contribution < 1.29 is 9.53 Å². The second-order valence-corrected chi connectivity index (χ2v) is 10.4. The average Bonchev–Trinajstić information content (AvgIpc) is 3.02. The van der Waals surface area contributed by atoms with Crippen LogP contribution < -0.4 is 0 Å². The van der Waals surface area contributed by atoms with Crippen LogP contribution in [-0.2, 0) is 16.1 Å². The molecule has 5 atom stereocenters. The predicted molar refractivity (Wildman–Crippen MR) is 119 cm³/mol. The highest BCUT2D eigenvalue weighted by Crippen LogP contribution is 2.54. The molecule has 2 saturated heterocycles. The van der Waals surface area contributed by atoms with E-state index in [9.17, 15) is 4.79 Å². The zero-order valence-electron chi connectivity index (χ0n) is 18.6. The van der Waals surface area contributed by atoms with Crippen molar-refractivity contribution in [2.24, 2.45) is 23.2 Å². The lowest BCUT2D eigenvalue weighted by atomic mass is 9.59. The third-order valence-electron chi connectivity index (χ3n) is 8.25. The molecule has 1 unspecified atom stereocenters. The van der Waals surface area contributed by atoms with Crippen molar-refractivity contribution in [1.29, 1.82) is 0 Å². The van der Waals surface area contributed by atoms with Crippen molar-refractivity contribution in [1.82, 2.24) is 9.80 Å². The van der Waals surface area contributed by atoms with Gasteiger partial charge in [0.1, 0.15) is 6.10 Å². The Labute approximate surface area is 181 Å². The van der Waals surface area contributed by atoms with Crippen LogP contribution in [0.4, 0.5) is 0 Å². The van der Waals surface area contributed by atoms with Crippen LogP contribution in [0.1, 0.15) is 45.1 Å². The summed E-state index contributed by atoms with van der Waals surface area (Å²) < 4.78 is 5.95. The topological polar surface area (TPSA) is 32.8 Å². The number of esters is 1. The molecule has 2 aliphatic carbocycles. The highest BCUT2D eigenvalue weighted by atomic mass is 16.6. The van der Waals surface area contributed by atoms with Crippen molar-refractivity contribution in [3.8, 4) is 0 Å². The molecule has 3 fully saturated rings. The summed E-state index contributed by atoms with van der Waals surface area (Å²) in [6.07, 6.45) is 7.46. The van der Waals surface area contributed by atoms with Gasteiger partial charge in [-0.15, -0.1) is 0 Å². The lowest BCUT2D eigenvalue weighted by Gasteiger charge is -2.46. The summed E-state index contributed by atoms with van der Waals surface area (Å²) in [5, 5.41) is 0. The van der Waals surface area contributed by atoms with E-state index < -0.39 is 0 Å². The Morgan fingerprint density at radius 1 is 1.10 bits per heavy atom. The molecule has 30 heavy (non-hydrogen) atoms. The Bertz CT molecular complexity index is 799. The van der Waals surface area contributed by atoms with Crippen molar-refractivity contribution >= 4 is 5.97 Å².